The van der Waals surface area contributed by atoms with Gasteiger partial charge in [-0.3, -0.25) is 4.79 Å². The predicted octanol–water partition coefficient (Wildman–Crippen LogP) is 6.36. The van der Waals surface area contributed by atoms with Gasteiger partial charge in [0.25, 0.3) is 0 Å². The van der Waals surface area contributed by atoms with Crippen LogP contribution in [-0.4, -0.2) is 12.0 Å². The number of terminal acetylenes is 1. The predicted molar refractivity (Wildman–Crippen MR) is 138 cm³/mol. The van der Waals surface area contributed by atoms with Gasteiger partial charge in [-0.15, -0.1) is 12.3 Å². The molecule has 2 N–H and O–H groups in total. The van der Waals surface area contributed by atoms with Gasteiger partial charge in [-0.05, 0) is 29.9 Å². The van der Waals surface area contributed by atoms with Gasteiger partial charge in [0.1, 0.15) is 6.04 Å². The molecule has 0 aromatic heterocycles. The molecule has 1 fully saturated rings. The molecule has 3 aromatic rings. The molecule has 3 nitrogen and oxygen atoms in total. The van der Waals surface area contributed by atoms with E-state index in [1.165, 1.54) is 31.2 Å². The van der Waals surface area contributed by atoms with Gasteiger partial charge < -0.3 is 10.5 Å². The molecule has 0 radical (unpaired) electrons. The molecule has 1 aliphatic carbocycles. The van der Waals surface area contributed by atoms with Gasteiger partial charge in [-0.1, -0.05) is 104 Å². The minimum atomic E-state index is -1.28. The summed E-state index contributed by atoms with van der Waals surface area (Å²) in [6.45, 7) is 2.33. The Kier molecular flexibility index (Phi) is 7.12. The van der Waals surface area contributed by atoms with Gasteiger partial charge in [-0.2, -0.15) is 0 Å². The lowest BCUT2D eigenvalue weighted by atomic mass is 9.77. The van der Waals surface area contributed by atoms with Crippen molar-refractivity contribution in [2.75, 3.05) is 0 Å². The van der Waals surface area contributed by atoms with Gasteiger partial charge in [0.2, 0.25) is 0 Å². The number of carbonyl (C=O) groups is 1. The van der Waals surface area contributed by atoms with E-state index in [1.54, 1.807) is 6.07 Å². The van der Waals surface area contributed by atoms with Crippen LogP contribution in [0.4, 0.5) is 0 Å². The van der Waals surface area contributed by atoms with Crippen LogP contribution in [-0.2, 0) is 20.5 Å². The first kappa shape index (κ1) is 24.1. The minimum absolute atomic E-state index is 0.0868. The Morgan fingerprint density at radius 1 is 1.03 bits per heavy atom. The van der Waals surface area contributed by atoms with E-state index in [0.717, 1.165) is 11.1 Å². The molecule has 0 amide bonds. The zero-order valence-corrected chi connectivity index (χ0v) is 20.2. The van der Waals surface area contributed by atoms with Crippen LogP contribution in [0.3, 0.4) is 0 Å². The first-order valence-electron chi connectivity index (χ1n) is 11.7. The zero-order valence-electron chi connectivity index (χ0n) is 19.5. The summed E-state index contributed by atoms with van der Waals surface area (Å²) in [5, 5.41) is 0.497. The number of esters is 1. The van der Waals surface area contributed by atoms with E-state index in [-0.39, 0.29) is 11.8 Å². The standard InChI is InChI=1S/C30H30ClNO2/c1-3-11-27(32)28(33)34-30(23-12-5-4-6-13-23,25-14-7-8-15-26(25)31)24-18-16-22(17-19-24)29(2)20-9-10-21-29/h1,4-8,12-19,27H,9-11,20-21,32H2,2H3. The third-order valence-electron chi connectivity index (χ3n) is 7.02. The maximum Gasteiger partial charge on any atom is 0.325 e. The van der Waals surface area contributed by atoms with E-state index in [1.807, 2.05) is 48.5 Å². The number of ether oxygens (including phenoxy) is 1. The lowest BCUT2D eigenvalue weighted by Crippen LogP contribution is -2.42. The highest BCUT2D eigenvalue weighted by Crippen LogP contribution is 2.45. The quantitative estimate of drug-likeness (QED) is 0.248. The molecule has 34 heavy (non-hydrogen) atoms. The highest BCUT2D eigenvalue weighted by Gasteiger charge is 2.43. The van der Waals surface area contributed by atoms with E-state index in [0.29, 0.717) is 10.6 Å². The average Bonchev–Trinajstić information content (AvgIpc) is 3.31. The van der Waals surface area contributed by atoms with Crippen LogP contribution in [0.1, 0.15) is 61.3 Å². The van der Waals surface area contributed by atoms with E-state index >= 15 is 0 Å². The highest BCUT2D eigenvalue weighted by molar-refractivity contribution is 6.31. The van der Waals surface area contributed by atoms with Crippen molar-refractivity contribution in [2.45, 2.75) is 56.1 Å². The van der Waals surface area contributed by atoms with Crippen molar-refractivity contribution < 1.29 is 9.53 Å². The SMILES string of the molecule is C#CCC(N)C(=O)OC(c1ccccc1)(c1ccc(C2(C)CCCC2)cc1)c1ccccc1Cl. The van der Waals surface area contributed by atoms with Crippen molar-refractivity contribution in [3.63, 3.8) is 0 Å². The van der Waals surface area contributed by atoms with Crippen molar-refractivity contribution in [1.29, 1.82) is 0 Å². The molecular weight excluding hydrogens is 442 g/mol. The number of rotatable bonds is 7. The fourth-order valence-electron chi connectivity index (χ4n) is 5.06. The van der Waals surface area contributed by atoms with Crippen molar-refractivity contribution in [3.05, 3.63) is 106 Å². The molecule has 3 aromatic carbocycles. The Morgan fingerprint density at radius 2 is 1.62 bits per heavy atom. The molecule has 2 unspecified atom stereocenters. The second-order valence-electron chi connectivity index (χ2n) is 9.31. The number of halogens is 1. The van der Waals surface area contributed by atoms with Gasteiger partial charge in [0.05, 0.1) is 0 Å². The molecule has 174 valence electrons. The molecular formula is C30H30ClNO2. The Morgan fingerprint density at radius 3 is 2.24 bits per heavy atom. The second kappa shape index (κ2) is 10.1. The maximum atomic E-state index is 13.2. The molecule has 2 atom stereocenters. The summed E-state index contributed by atoms with van der Waals surface area (Å²) < 4.78 is 6.34. The number of hydrogen-bond donors (Lipinski definition) is 1. The van der Waals surface area contributed by atoms with Gasteiger partial charge in [-0.25, -0.2) is 0 Å². The number of benzene rings is 3. The van der Waals surface area contributed by atoms with E-state index in [4.69, 9.17) is 28.5 Å². The molecule has 1 saturated carbocycles. The summed E-state index contributed by atoms with van der Waals surface area (Å²) in [4.78, 5) is 13.2. The third kappa shape index (κ3) is 4.49. The third-order valence-corrected chi connectivity index (χ3v) is 7.35. The summed E-state index contributed by atoms with van der Waals surface area (Å²) in [7, 11) is 0. The molecule has 4 rings (SSSR count). The first-order valence-corrected chi connectivity index (χ1v) is 12.1. The molecule has 0 spiro atoms. The largest absolute Gasteiger partial charge is 0.443 e. The lowest BCUT2D eigenvalue weighted by Gasteiger charge is -2.37. The van der Waals surface area contributed by atoms with Crippen LogP contribution in [0.15, 0.2) is 78.9 Å². The van der Waals surface area contributed by atoms with Crippen molar-refractivity contribution in [1.82, 2.24) is 0 Å². The van der Waals surface area contributed by atoms with Gasteiger partial charge in [0.15, 0.2) is 5.60 Å². The maximum absolute atomic E-state index is 13.2. The molecule has 0 aliphatic heterocycles. The van der Waals surface area contributed by atoms with Crippen molar-refractivity contribution in [2.24, 2.45) is 5.73 Å². The lowest BCUT2D eigenvalue weighted by molar-refractivity contribution is -0.155. The Hall–Kier alpha value is -3.06. The molecule has 1 aliphatic rings. The summed E-state index contributed by atoms with van der Waals surface area (Å²) in [5.41, 5.74) is 8.52. The van der Waals surface area contributed by atoms with Crippen LogP contribution in [0, 0.1) is 12.3 Å². The number of hydrogen-bond acceptors (Lipinski definition) is 3. The van der Waals surface area contributed by atoms with Crippen molar-refractivity contribution in [3.8, 4) is 12.3 Å². The van der Waals surface area contributed by atoms with Crippen molar-refractivity contribution >= 4 is 17.6 Å². The van der Waals surface area contributed by atoms with E-state index in [9.17, 15) is 4.79 Å². The van der Waals surface area contributed by atoms with E-state index in [2.05, 4.69) is 37.1 Å². The van der Waals surface area contributed by atoms with Gasteiger partial charge >= 0.3 is 5.97 Å². The summed E-state index contributed by atoms with van der Waals surface area (Å²) in [6.07, 6.45) is 10.4. The normalized spacial score (nSPS) is 17.4. The number of carbonyl (C=O) groups excluding carboxylic acids is 1. The smallest absolute Gasteiger partial charge is 0.325 e. The topological polar surface area (TPSA) is 52.3 Å². The fourth-order valence-corrected chi connectivity index (χ4v) is 5.33. The Balaban J connectivity index is 1.92. The van der Waals surface area contributed by atoms with Crippen LogP contribution in [0.5, 0.6) is 0 Å². The summed E-state index contributed by atoms with van der Waals surface area (Å²) in [6, 6.07) is 24.6. The Labute approximate surface area is 207 Å². The summed E-state index contributed by atoms with van der Waals surface area (Å²) >= 11 is 6.73. The van der Waals surface area contributed by atoms with Gasteiger partial charge in [0, 0.05) is 28.1 Å². The fraction of sp³-hybridized carbons (Fsp3) is 0.300. The molecule has 4 heteroatoms. The van der Waals surface area contributed by atoms with Crippen LogP contribution in [0.25, 0.3) is 0 Å². The molecule has 0 bridgehead atoms. The molecule has 0 heterocycles. The minimum Gasteiger partial charge on any atom is -0.443 e. The highest BCUT2D eigenvalue weighted by atomic mass is 35.5. The molecule has 0 saturated heterocycles. The average molecular weight is 472 g/mol. The summed E-state index contributed by atoms with van der Waals surface area (Å²) in [5.74, 6) is 1.88. The Bertz CT molecular complexity index is 1180. The zero-order chi connectivity index (χ0) is 24.2. The van der Waals surface area contributed by atoms with Crippen LogP contribution >= 0.6 is 11.6 Å². The van der Waals surface area contributed by atoms with Crippen LogP contribution in [0.2, 0.25) is 5.02 Å². The van der Waals surface area contributed by atoms with Crippen LogP contribution < -0.4 is 5.73 Å². The monoisotopic (exact) mass is 471 g/mol. The van der Waals surface area contributed by atoms with E-state index < -0.39 is 17.6 Å². The first-order chi connectivity index (χ1) is 16.4. The number of nitrogens with two attached hydrogens (primary N) is 1. The second-order valence-corrected chi connectivity index (χ2v) is 9.72.